The maximum Gasteiger partial charge on any atom is 0.220 e. The molecule has 0 saturated carbocycles. The van der Waals surface area contributed by atoms with Crippen molar-refractivity contribution in [3.05, 3.63) is 23.5 Å². The number of anilines is 1. The zero-order valence-electron chi connectivity index (χ0n) is 14.5. The van der Waals surface area contributed by atoms with E-state index in [2.05, 4.69) is 32.1 Å². The number of rotatable bonds is 7. The maximum atomic E-state index is 9.36. The van der Waals surface area contributed by atoms with Crippen molar-refractivity contribution in [2.45, 2.75) is 45.2 Å². The molecule has 0 amide bonds. The number of aliphatic hydroxyl groups excluding tert-OH is 1. The van der Waals surface area contributed by atoms with Gasteiger partial charge in [0.1, 0.15) is 18.7 Å². The summed E-state index contributed by atoms with van der Waals surface area (Å²) in [7, 11) is 1.57. The molecule has 25 heavy (non-hydrogen) atoms. The number of methoxy groups -OCH3 is 1. The zero-order valence-corrected chi connectivity index (χ0v) is 15.4. The van der Waals surface area contributed by atoms with E-state index in [1.807, 2.05) is 6.20 Å². The number of thiazole rings is 1. The lowest BCUT2D eigenvalue weighted by molar-refractivity contribution is 0.188. The van der Waals surface area contributed by atoms with Gasteiger partial charge in [0.05, 0.1) is 13.2 Å². The van der Waals surface area contributed by atoms with Crippen LogP contribution < -0.4 is 14.8 Å². The molecule has 0 aromatic carbocycles. The molecule has 3 atom stereocenters. The standard InChI is InChI=1S/C16H23N5O3S/c1-10-4-12(24-15-5-14(23-3)18-9-19-15)7-21(10)8-13-6-17-16(25-13)20-11(2)22/h5-6,9-12,22H,4,7-8H2,1-3H3,(H,17,20)/t10-,11?,12+/m0/s1. The molecule has 2 N–H and O–H groups in total. The summed E-state index contributed by atoms with van der Waals surface area (Å²) < 4.78 is 11.1. The van der Waals surface area contributed by atoms with E-state index >= 15 is 0 Å². The van der Waals surface area contributed by atoms with E-state index in [9.17, 15) is 5.11 Å². The van der Waals surface area contributed by atoms with Gasteiger partial charge in [-0.15, -0.1) is 11.3 Å². The van der Waals surface area contributed by atoms with Crippen molar-refractivity contribution in [1.82, 2.24) is 19.9 Å². The van der Waals surface area contributed by atoms with Crippen LogP contribution >= 0.6 is 11.3 Å². The Morgan fingerprint density at radius 3 is 2.96 bits per heavy atom. The van der Waals surface area contributed by atoms with Gasteiger partial charge in [-0.25, -0.2) is 15.0 Å². The van der Waals surface area contributed by atoms with Crippen molar-refractivity contribution >= 4 is 16.5 Å². The first-order valence-electron chi connectivity index (χ1n) is 8.19. The number of aliphatic hydroxyl groups is 1. The molecule has 1 aliphatic rings. The first-order valence-corrected chi connectivity index (χ1v) is 9.01. The van der Waals surface area contributed by atoms with Crippen molar-refractivity contribution in [2.75, 3.05) is 19.0 Å². The Morgan fingerprint density at radius 1 is 1.40 bits per heavy atom. The van der Waals surface area contributed by atoms with Gasteiger partial charge in [-0.05, 0) is 13.8 Å². The number of nitrogens with zero attached hydrogens (tertiary/aromatic N) is 4. The van der Waals surface area contributed by atoms with E-state index in [1.54, 1.807) is 31.4 Å². The molecule has 3 rings (SSSR count). The molecule has 3 heterocycles. The summed E-state index contributed by atoms with van der Waals surface area (Å²) in [5, 5.41) is 13.0. The number of hydrogen-bond donors (Lipinski definition) is 2. The molecule has 0 bridgehead atoms. The van der Waals surface area contributed by atoms with Crippen molar-refractivity contribution in [3.8, 4) is 11.8 Å². The highest BCUT2D eigenvalue weighted by molar-refractivity contribution is 7.15. The highest BCUT2D eigenvalue weighted by atomic mass is 32.1. The highest BCUT2D eigenvalue weighted by Crippen LogP contribution is 2.27. The second-order valence-electron chi connectivity index (χ2n) is 6.10. The summed E-state index contributed by atoms with van der Waals surface area (Å²) in [4.78, 5) is 15.9. The fraction of sp³-hybridized carbons (Fsp3) is 0.562. The molecule has 1 fully saturated rings. The first kappa shape index (κ1) is 17.8. The van der Waals surface area contributed by atoms with Crippen LogP contribution in [-0.2, 0) is 6.54 Å². The zero-order chi connectivity index (χ0) is 17.8. The van der Waals surface area contributed by atoms with Crippen molar-refractivity contribution < 1.29 is 14.6 Å². The van der Waals surface area contributed by atoms with Crippen molar-refractivity contribution in [2.24, 2.45) is 0 Å². The number of aromatic nitrogens is 3. The Bertz CT molecular complexity index is 696. The fourth-order valence-electron chi connectivity index (χ4n) is 2.85. The van der Waals surface area contributed by atoms with Crippen LogP contribution in [-0.4, -0.2) is 57.0 Å². The second kappa shape index (κ2) is 7.94. The molecule has 2 aromatic heterocycles. The predicted molar refractivity (Wildman–Crippen MR) is 94.9 cm³/mol. The van der Waals surface area contributed by atoms with Gasteiger partial charge >= 0.3 is 0 Å². The van der Waals surface area contributed by atoms with Crippen LogP contribution in [0.2, 0.25) is 0 Å². The minimum atomic E-state index is -0.604. The lowest BCUT2D eigenvalue weighted by Crippen LogP contribution is -2.27. The molecule has 0 spiro atoms. The largest absolute Gasteiger partial charge is 0.481 e. The molecule has 1 saturated heterocycles. The number of nitrogens with one attached hydrogen (secondary N) is 1. The van der Waals surface area contributed by atoms with Gasteiger partial charge in [0.2, 0.25) is 11.8 Å². The monoisotopic (exact) mass is 365 g/mol. The molecule has 1 aliphatic heterocycles. The topological polar surface area (TPSA) is 92.6 Å². The third kappa shape index (κ3) is 4.77. The number of likely N-dealkylation sites (tertiary alicyclic amines) is 1. The Kier molecular flexibility index (Phi) is 5.67. The average molecular weight is 365 g/mol. The Balaban J connectivity index is 1.56. The van der Waals surface area contributed by atoms with E-state index in [1.165, 1.54) is 6.33 Å². The summed E-state index contributed by atoms with van der Waals surface area (Å²) in [5.74, 6) is 1.03. The molecule has 2 aromatic rings. The third-order valence-corrected chi connectivity index (χ3v) is 4.94. The summed E-state index contributed by atoms with van der Waals surface area (Å²) in [5.41, 5.74) is 0. The average Bonchev–Trinajstić information content (AvgIpc) is 3.14. The lowest BCUT2D eigenvalue weighted by Gasteiger charge is -2.19. The summed E-state index contributed by atoms with van der Waals surface area (Å²) >= 11 is 1.56. The second-order valence-corrected chi connectivity index (χ2v) is 7.22. The van der Waals surface area contributed by atoms with E-state index in [0.717, 1.165) is 29.5 Å². The van der Waals surface area contributed by atoms with E-state index < -0.39 is 6.23 Å². The summed E-state index contributed by atoms with van der Waals surface area (Å²) in [6.45, 7) is 5.51. The number of hydrogen-bond acceptors (Lipinski definition) is 9. The smallest absolute Gasteiger partial charge is 0.220 e. The Labute approximate surface area is 150 Å². The van der Waals surface area contributed by atoms with Crippen LogP contribution in [0.25, 0.3) is 0 Å². The van der Waals surface area contributed by atoms with Gasteiger partial charge in [-0.3, -0.25) is 4.90 Å². The SMILES string of the molecule is COc1cc(O[C@@H]2C[C@H](C)N(Cc3cnc(NC(C)O)s3)C2)ncn1. The van der Waals surface area contributed by atoms with E-state index in [4.69, 9.17) is 9.47 Å². The molecule has 8 nitrogen and oxygen atoms in total. The van der Waals surface area contributed by atoms with Gasteiger partial charge in [0.15, 0.2) is 5.13 Å². The van der Waals surface area contributed by atoms with Gasteiger partial charge in [0.25, 0.3) is 0 Å². The summed E-state index contributed by atoms with van der Waals surface area (Å²) in [6.07, 6.45) is 3.71. The quantitative estimate of drug-likeness (QED) is 0.717. The van der Waals surface area contributed by atoms with Gasteiger partial charge in [-0.1, -0.05) is 0 Å². The lowest BCUT2D eigenvalue weighted by atomic mass is 10.2. The molecule has 0 aliphatic carbocycles. The Morgan fingerprint density at radius 2 is 2.20 bits per heavy atom. The van der Waals surface area contributed by atoms with Crippen molar-refractivity contribution in [1.29, 1.82) is 0 Å². The van der Waals surface area contributed by atoms with E-state index in [-0.39, 0.29) is 6.10 Å². The molecule has 1 unspecified atom stereocenters. The van der Waals surface area contributed by atoms with Crippen LogP contribution in [0.5, 0.6) is 11.8 Å². The van der Waals surface area contributed by atoms with Crippen LogP contribution in [0.4, 0.5) is 5.13 Å². The third-order valence-electron chi connectivity index (χ3n) is 4.02. The van der Waals surface area contributed by atoms with Gasteiger partial charge in [0, 0.05) is 36.6 Å². The minimum Gasteiger partial charge on any atom is -0.481 e. The van der Waals surface area contributed by atoms with E-state index in [0.29, 0.717) is 17.8 Å². The molecular weight excluding hydrogens is 342 g/mol. The molecule has 0 radical (unpaired) electrons. The first-order chi connectivity index (χ1) is 12.0. The normalized spacial score (nSPS) is 21.9. The predicted octanol–water partition coefficient (Wildman–Crippen LogP) is 1.73. The maximum absolute atomic E-state index is 9.36. The van der Waals surface area contributed by atoms with Crippen LogP contribution in [0, 0.1) is 0 Å². The Hall–Kier alpha value is -1.97. The van der Waals surface area contributed by atoms with Crippen LogP contribution in [0.15, 0.2) is 18.6 Å². The summed E-state index contributed by atoms with van der Waals surface area (Å²) in [6, 6.07) is 2.11. The highest BCUT2D eigenvalue weighted by Gasteiger charge is 2.31. The number of ether oxygens (including phenoxy) is 2. The van der Waals surface area contributed by atoms with Crippen LogP contribution in [0.1, 0.15) is 25.1 Å². The van der Waals surface area contributed by atoms with Crippen molar-refractivity contribution in [3.63, 3.8) is 0 Å². The molecule has 136 valence electrons. The van der Waals surface area contributed by atoms with Crippen LogP contribution in [0.3, 0.4) is 0 Å². The van der Waals surface area contributed by atoms with Gasteiger partial charge in [-0.2, -0.15) is 0 Å². The molecule has 9 heteroatoms. The molecular formula is C16H23N5O3S. The fourth-order valence-corrected chi connectivity index (χ4v) is 3.77. The van der Waals surface area contributed by atoms with Gasteiger partial charge < -0.3 is 19.9 Å². The minimum absolute atomic E-state index is 0.0811.